The van der Waals surface area contributed by atoms with E-state index in [1.165, 1.54) is 6.07 Å². The van der Waals surface area contributed by atoms with Gasteiger partial charge in [-0.2, -0.15) is 0 Å². The Labute approximate surface area is 205 Å². The van der Waals surface area contributed by atoms with Gasteiger partial charge in [-0.3, -0.25) is 4.57 Å². The van der Waals surface area contributed by atoms with Crippen LogP contribution in [0.4, 0.5) is 16.0 Å². The molecular formula is C27H31FN6O. The molecule has 4 aromatic rings. The molecule has 1 aliphatic carbocycles. The number of aromatic nitrogens is 4. The summed E-state index contributed by atoms with van der Waals surface area (Å²) in [5.41, 5.74) is 3.00. The molecule has 0 bridgehead atoms. The Bertz CT molecular complexity index is 1300. The Morgan fingerprint density at radius 1 is 1.03 bits per heavy atom. The molecule has 0 atom stereocenters. The van der Waals surface area contributed by atoms with E-state index < -0.39 is 0 Å². The largest absolute Gasteiger partial charge is 0.497 e. The molecule has 1 N–H and O–H groups in total. The number of halogens is 1. The van der Waals surface area contributed by atoms with Gasteiger partial charge in [-0.1, -0.05) is 24.3 Å². The van der Waals surface area contributed by atoms with Gasteiger partial charge in [-0.05, 0) is 69.6 Å². The second-order valence-corrected chi connectivity index (χ2v) is 9.36. The van der Waals surface area contributed by atoms with Gasteiger partial charge in [0.2, 0.25) is 5.95 Å². The smallest absolute Gasteiger partial charge is 0.210 e. The van der Waals surface area contributed by atoms with Crippen LogP contribution < -0.4 is 10.1 Å². The van der Waals surface area contributed by atoms with Gasteiger partial charge in [0, 0.05) is 18.5 Å². The van der Waals surface area contributed by atoms with Gasteiger partial charge in [0.15, 0.2) is 5.65 Å². The highest BCUT2D eigenvalue weighted by Crippen LogP contribution is 2.36. The van der Waals surface area contributed by atoms with Crippen molar-refractivity contribution in [3.8, 4) is 5.75 Å². The van der Waals surface area contributed by atoms with Crippen LogP contribution in [0.1, 0.15) is 43.1 Å². The number of methoxy groups -OCH3 is 1. The number of ether oxygens (including phenoxy) is 1. The van der Waals surface area contributed by atoms with Gasteiger partial charge < -0.3 is 15.0 Å². The Hall–Kier alpha value is -3.52. The Balaban J connectivity index is 1.51. The standard InChI is InChI=1S/C27H31FN6O/c1-33(2)19-10-12-20(13-11-19)34-26-24(31-27(34)30-23-7-5-4-6-22(23)28)17-29-25(32-26)16-18-8-14-21(35-3)15-9-18/h4-9,14-15,17,19-20H,10-13,16H2,1-3H3,(H,30,31). The molecule has 1 saturated carbocycles. The summed E-state index contributed by atoms with van der Waals surface area (Å²) >= 11 is 0. The van der Waals surface area contributed by atoms with Crippen LogP contribution >= 0.6 is 0 Å². The van der Waals surface area contributed by atoms with Crippen LogP contribution in [0, 0.1) is 5.82 Å². The van der Waals surface area contributed by atoms with E-state index in [1.807, 2.05) is 30.3 Å². The lowest BCUT2D eigenvalue weighted by Gasteiger charge is -2.33. The van der Waals surface area contributed by atoms with Crippen molar-refractivity contribution < 1.29 is 9.13 Å². The lowest BCUT2D eigenvalue weighted by Crippen LogP contribution is -2.33. The summed E-state index contributed by atoms with van der Waals surface area (Å²) in [5.74, 6) is 1.84. The summed E-state index contributed by atoms with van der Waals surface area (Å²) in [6, 6.07) is 15.4. The minimum Gasteiger partial charge on any atom is -0.497 e. The van der Waals surface area contributed by atoms with Crippen molar-refractivity contribution in [3.05, 3.63) is 71.9 Å². The summed E-state index contributed by atoms with van der Waals surface area (Å²) in [6.07, 6.45) is 6.60. The zero-order valence-electron chi connectivity index (χ0n) is 20.4. The number of imidazole rings is 1. The fraction of sp³-hybridized carbons (Fsp3) is 0.370. The van der Waals surface area contributed by atoms with Gasteiger partial charge in [-0.15, -0.1) is 0 Å². The quantitative estimate of drug-likeness (QED) is 0.389. The fourth-order valence-electron chi connectivity index (χ4n) is 4.89. The van der Waals surface area contributed by atoms with E-state index in [1.54, 1.807) is 25.4 Å². The van der Waals surface area contributed by atoms with Crippen LogP contribution in [0.3, 0.4) is 0 Å². The average molecular weight is 475 g/mol. The molecule has 182 valence electrons. The van der Waals surface area contributed by atoms with Crippen molar-refractivity contribution in [1.82, 2.24) is 24.4 Å². The van der Waals surface area contributed by atoms with E-state index in [9.17, 15) is 4.39 Å². The second kappa shape index (κ2) is 10.00. The van der Waals surface area contributed by atoms with E-state index in [0.717, 1.165) is 48.5 Å². The molecule has 0 spiro atoms. The van der Waals surface area contributed by atoms with Crippen LogP contribution in [0.2, 0.25) is 0 Å². The predicted molar refractivity (Wildman–Crippen MR) is 136 cm³/mol. The Morgan fingerprint density at radius 3 is 2.46 bits per heavy atom. The third-order valence-corrected chi connectivity index (χ3v) is 6.89. The monoisotopic (exact) mass is 474 g/mol. The molecule has 0 radical (unpaired) electrons. The zero-order valence-corrected chi connectivity index (χ0v) is 20.4. The molecule has 0 saturated heterocycles. The number of nitrogens with zero attached hydrogens (tertiary/aromatic N) is 5. The van der Waals surface area contributed by atoms with Gasteiger partial charge >= 0.3 is 0 Å². The molecule has 2 aromatic heterocycles. The zero-order chi connectivity index (χ0) is 24.4. The number of para-hydroxylation sites is 1. The van der Waals surface area contributed by atoms with E-state index in [2.05, 4.69) is 33.9 Å². The minimum atomic E-state index is -0.311. The first-order valence-electron chi connectivity index (χ1n) is 12.1. The van der Waals surface area contributed by atoms with E-state index in [-0.39, 0.29) is 11.9 Å². The molecule has 0 aliphatic heterocycles. The number of fused-ring (bicyclic) bond motifs is 1. The maximum Gasteiger partial charge on any atom is 0.210 e. The number of benzene rings is 2. The van der Waals surface area contributed by atoms with Crippen molar-refractivity contribution in [2.24, 2.45) is 0 Å². The number of rotatable bonds is 7. The number of hydrogen-bond donors (Lipinski definition) is 1. The summed E-state index contributed by atoms with van der Waals surface area (Å²) < 4.78 is 21.9. The van der Waals surface area contributed by atoms with Crippen molar-refractivity contribution in [3.63, 3.8) is 0 Å². The minimum absolute atomic E-state index is 0.231. The number of nitrogens with one attached hydrogen (secondary N) is 1. The summed E-state index contributed by atoms with van der Waals surface area (Å²) in [6.45, 7) is 0. The Morgan fingerprint density at radius 2 is 1.77 bits per heavy atom. The van der Waals surface area contributed by atoms with Gasteiger partial charge in [0.05, 0.1) is 19.0 Å². The molecule has 1 aliphatic rings. The highest BCUT2D eigenvalue weighted by atomic mass is 19.1. The van der Waals surface area contributed by atoms with Crippen LogP contribution in [0.25, 0.3) is 11.2 Å². The maximum atomic E-state index is 14.5. The van der Waals surface area contributed by atoms with E-state index >= 15 is 0 Å². The lowest BCUT2D eigenvalue weighted by molar-refractivity contribution is 0.197. The first-order chi connectivity index (χ1) is 17.0. The van der Waals surface area contributed by atoms with Crippen molar-refractivity contribution >= 4 is 22.8 Å². The molecule has 2 heterocycles. The van der Waals surface area contributed by atoms with Crippen LogP contribution in [0.15, 0.2) is 54.7 Å². The molecule has 1 fully saturated rings. The number of hydrogen-bond acceptors (Lipinski definition) is 6. The molecule has 8 heteroatoms. The van der Waals surface area contributed by atoms with E-state index in [4.69, 9.17) is 14.7 Å². The molecule has 0 amide bonds. The normalized spacial score (nSPS) is 18.2. The summed E-state index contributed by atoms with van der Waals surface area (Å²) in [4.78, 5) is 16.6. The molecule has 35 heavy (non-hydrogen) atoms. The summed E-state index contributed by atoms with van der Waals surface area (Å²) in [7, 11) is 5.94. The third kappa shape index (κ3) is 4.98. The first-order valence-corrected chi connectivity index (χ1v) is 12.1. The maximum absolute atomic E-state index is 14.5. The van der Waals surface area contributed by atoms with Gasteiger partial charge in [0.25, 0.3) is 0 Å². The van der Waals surface area contributed by atoms with E-state index in [0.29, 0.717) is 29.6 Å². The number of anilines is 2. The van der Waals surface area contributed by atoms with Crippen LogP contribution in [0.5, 0.6) is 5.75 Å². The molecular weight excluding hydrogens is 443 g/mol. The van der Waals surface area contributed by atoms with Gasteiger partial charge in [0.1, 0.15) is 22.9 Å². The Kier molecular flexibility index (Phi) is 6.63. The highest BCUT2D eigenvalue weighted by Gasteiger charge is 2.28. The first kappa shape index (κ1) is 23.2. The van der Waals surface area contributed by atoms with Crippen molar-refractivity contribution in [1.29, 1.82) is 0 Å². The van der Waals surface area contributed by atoms with Crippen molar-refractivity contribution in [2.45, 2.75) is 44.2 Å². The lowest BCUT2D eigenvalue weighted by atomic mass is 9.90. The topological polar surface area (TPSA) is 68.1 Å². The molecule has 5 rings (SSSR count). The third-order valence-electron chi connectivity index (χ3n) is 6.89. The molecule has 2 aromatic carbocycles. The fourth-order valence-corrected chi connectivity index (χ4v) is 4.89. The van der Waals surface area contributed by atoms with Gasteiger partial charge in [-0.25, -0.2) is 19.3 Å². The predicted octanol–water partition coefficient (Wildman–Crippen LogP) is 5.35. The molecule has 0 unspecified atom stereocenters. The molecule has 7 nitrogen and oxygen atoms in total. The SMILES string of the molecule is COc1ccc(Cc2ncc3nc(Nc4ccccc4F)n(C4CCC(N(C)C)CC4)c3n2)cc1. The summed E-state index contributed by atoms with van der Waals surface area (Å²) in [5, 5.41) is 3.23. The van der Waals surface area contributed by atoms with Crippen LogP contribution in [-0.4, -0.2) is 51.7 Å². The second-order valence-electron chi connectivity index (χ2n) is 9.36. The average Bonchev–Trinajstić information content (AvgIpc) is 3.23. The van der Waals surface area contributed by atoms with Crippen molar-refractivity contribution in [2.75, 3.05) is 26.5 Å². The highest BCUT2D eigenvalue weighted by molar-refractivity contribution is 5.75. The van der Waals surface area contributed by atoms with Crippen LogP contribution in [-0.2, 0) is 6.42 Å².